The molecule has 2 aliphatic rings. The van der Waals surface area contributed by atoms with Crippen LogP contribution >= 0.6 is 0 Å². The van der Waals surface area contributed by atoms with Gasteiger partial charge in [-0.2, -0.15) is 0 Å². The summed E-state index contributed by atoms with van der Waals surface area (Å²) in [7, 11) is -1.46. The first-order valence-electron chi connectivity index (χ1n) is 6.70. The van der Waals surface area contributed by atoms with E-state index in [2.05, 4.69) is 24.3 Å². The van der Waals surface area contributed by atoms with Crippen LogP contribution < -0.4 is 5.14 Å². The highest BCUT2D eigenvalue weighted by molar-refractivity contribution is 7.83. The summed E-state index contributed by atoms with van der Waals surface area (Å²) in [5.41, 5.74) is 0.919. The normalized spacial score (nSPS) is 36.5. The minimum atomic E-state index is -1.46. The maximum Gasteiger partial charge on any atom is 0.173 e. The molecule has 1 heterocycles. The summed E-state index contributed by atoms with van der Waals surface area (Å²) in [6.07, 6.45) is 3.77. The van der Waals surface area contributed by atoms with Crippen molar-refractivity contribution in [2.24, 2.45) is 5.14 Å². The predicted molar refractivity (Wildman–Crippen MR) is 73.5 cm³/mol. The van der Waals surface area contributed by atoms with Gasteiger partial charge in [0, 0.05) is 12.8 Å². The number of ether oxygens (including phenoxy) is 2. The van der Waals surface area contributed by atoms with E-state index in [0.29, 0.717) is 12.5 Å². The van der Waals surface area contributed by atoms with Crippen molar-refractivity contribution in [3.63, 3.8) is 0 Å². The van der Waals surface area contributed by atoms with Gasteiger partial charge in [-0.15, -0.1) is 0 Å². The molecular weight excluding hydrogens is 262 g/mol. The van der Waals surface area contributed by atoms with E-state index in [0.717, 1.165) is 25.7 Å². The van der Waals surface area contributed by atoms with Crippen LogP contribution in [-0.4, -0.2) is 22.0 Å². The average molecular weight is 281 g/mol. The molecule has 0 amide bonds. The lowest BCUT2D eigenvalue weighted by molar-refractivity contribution is -0.182. The van der Waals surface area contributed by atoms with Gasteiger partial charge in [-0.25, -0.2) is 9.35 Å². The Morgan fingerprint density at radius 3 is 2.47 bits per heavy atom. The fourth-order valence-corrected chi connectivity index (χ4v) is 3.49. The maximum atomic E-state index is 11.2. The zero-order valence-electron chi connectivity index (χ0n) is 10.8. The number of rotatable bonds is 2. The molecule has 0 bridgehead atoms. The number of nitrogens with two attached hydrogens (primary N) is 1. The van der Waals surface area contributed by atoms with Gasteiger partial charge in [0.25, 0.3) is 0 Å². The van der Waals surface area contributed by atoms with E-state index >= 15 is 0 Å². The van der Waals surface area contributed by atoms with Crippen molar-refractivity contribution < 1.29 is 13.7 Å². The topological polar surface area (TPSA) is 61.6 Å². The lowest BCUT2D eigenvalue weighted by Crippen LogP contribution is -2.36. The lowest BCUT2D eigenvalue weighted by Gasteiger charge is -2.35. The number of hydrogen-bond donors (Lipinski definition) is 1. The molecule has 5 heteroatoms. The summed E-state index contributed by atoms with van der Waals surface area (Å²) in [4.78, 5) is 0. The van der Waals surface area contributed by atoms with Gasteiger partial charge in [0.2, 0.25) is 0 Å². The Kier molecular flexibility index (Phi) is 3.71. The molecule has 104 valence electrons. The molecule has 3 rings (SSSR count). The van der Waals surface area contributed by atoms with Crippen LogP contribution in [0.25, 0.3) is 0 Å². The molecule has 1 saturated carbocycles. The Labute approximate surface area is 115 Å². The minimum absolute atomic E-state index is 0.346. The molecule has 4 nitrogen and oxygen atoms in total. The molecule has 1 aromatic rings. The molecule has 1 spiro atoms. The van der Waals surface area contributed by atoms with E-state index in [1.165, 1.54) is 5.56 Å². The van der Waals surface area contributed by atoms with Crippen molar-refractivity contribution in [1.29, 1.82) is 0 Å². The van der Waals surface area contributed by atoms with Crippen molar-refractivity contribution >= 4 is 11.0 Å². The quantitative estimate of drug-likeness (QED) is 0.902. The van der Waals surface area contributed by atoms with E-state index in [9.17, 15) is 4.21 Å². The molecule has 0 radical (unpaired) electrons. The Hall–Kier alpha value is -0.750. The third-order valence-corrected chi connectivity index (χ3v) is 4.86. The standard InChI is InChI=1S/C14H19NO3S/c15-19(16)13-10-17-14(18-13)8-6-12(7-9-14)11-4-2-1-3-5-11/h1-5,12-13H,6-10,15H2. The highest BCUT2D eigenvalue weighted by Crippen LogP contribution is 2.43. The summed E-state index contributed by atoms with van der Waals surface area (Å²) in [5, 5.41) is 5.37. The van der Waals surface area contributed by atoms with Gasteiger partial charge in [0.05, 0.1) is 6.61 Å². The van der Waals surface area contributed by atoms with Gasteiger partial charge >= 0.3 is 0 Å². The van der Waals surface area contributed by atoms with Gasteiger partial charge < -0.3 is 9.47 Å². The average Bonchev–Trinajstić information content (AvgIpc) is 2.85. The zero-order valence-corrected chi connectivity index (χ0v) is 11.6. The second-order valence-corrected chi connectivity index (χ2v) is 6.47. The van der Waals surface area contributed by atoms with Crippen molar-refractivity contribution in [3.05, 3.63) is 35.9 Å². The molecule has 1 aliphatic carbocycles. The van der Waals surface area contributed by atoms with Crippen LogP contribution in [0.5, 0.6) is 0 Å². The van der Waals surface area contributed by atoms with Gasteiger partial charge in [-0.1, -0.05) is 30.3 Å². The monoisotopic (exact) mass is 281 g/mol. The van der Waals surface area contributed by atoms with Crippen LogP contribution in [0.3, 0.4) is 0 Å². The third kappa shape index (κ3) is 2.74. The van der Waals surface area contributed by atoms with Gasteiger partial charge in [0.15, 0.2) is 11.2 Å². The fraction of sp³-hybridized carbons (Fsp3) is 0.571. The number of benzene rings is 1. The molecule has 2 atom stereocenters. The zero-order chi connectivity index (χ0) is 13.3. The largest absolute Gasteiger partial charge is 0.346 e. The smallest absolute Gasteiger partial charge is 0.173 e. The van der Waals surface area contributed by atoms with Crippen molar-refractivity contribution in [1.82, 2.24) is 0 Å². The molecular formula is C14H19NO3S. The molecule has 2 unspecified atom stereocenters. The van der Waals surface area contributed by atoms with E-state index in [1.807, 2.05) is 6.07 Å². The molecule has 2 N–H and O–H groups in total. The Balaban J connectivity index is 1.63. The van der Waals surface area contributed by atoms with Gasteiger partial charge in [-0.3, -0.25) is 0 Å². The van der Waals surface area contributed by atoms with Gasteiger partial charge in [-0.05, 0) is 24.3 Å². The van der Waals surface area contributed by atoms with Crippen LogP contribution in [0.4, 0.5) is 0 Å². The van der Waals surface area contributed by atoms with Crippen molar-refractivity contribution in [2.45, 2.75) is 42.8 Å². The van der Waals surface area contributed by atoms with Crippen LogP contribution in [0.15, 0.2) is 30.3 Å². The minimum Gasteiger partial charge on any atom is -0.346 e. The molecule has 0 aromatic heterocycles. The van der Waals surface area contributed by atoms with Crippen LogP contribution in [0.1, 0.15) is 37.2 Å². The third-order valence-electron chi connectivity index (χ3n) is 4.11. The summed E-state index contributed by atoms with van der Waals surface area (Å²) in [5.74, 6) is 0.0341. The summed E-state index contributed by atoms with van der Waals surface area (Å²) < 4.78 is 22.8. The Bertz CT molecular complexity index is 457. The first-order valence-corrected chi connectivity index (χ1v) is 7.98. The van der Waals surface area contributed by atoms with Crippen LogP contribution in [-0.2, 0) is 20.5 Å². The van der Waals surface area contributed by atoms with E-state index in [-0.39, 0.29) is 0 Å². The second-order valence-electron chi connectivity index (χ2n) is 5.28. The van der Waals surface area contributed by atoms with Crippen molar-refractivity contribution in [2.75, 3.05) is 6.61 Å². The SMILES string of the molecule is NS(=O)C1COC2(CCC(c3ccccc3)CC2)O1. The Morgan fingerprint density at radius 1 is 1.21 bits per heavy atom. The van der Waals surface area contributed by atoms with E-state index < -0.39 is 22.2 Å². The van der Waals surface area contributed by atoms with Crippen LogP contribution in [0, 0.1) is 0 Å². The second kappa shape index (κ2) is 5.32. The van der Waals surface area contributed by atoms with E-state index in [4.69, 9.17) is 14.6 Å². The van der Waals surface area contributed by atoms with E-state index in [1.54, 1.807) is 0 Å². The summed E-state index contributed by atoms with van der Waals surface area (Å²) in [6.45, 7) is 0.346. The predicted octanol–water partition coefficient (Wildman–Crippen LogP) is 2.04. The van der Waals surface area contributed by atoms with Gasteiger partial charge in [0.1, 0.15) is 11.0 Å². The molecule has 1 aliphatic heterocycles. The highest BCUT2D eigenvalue weighted by Gasteiger charge is 2.45. The highest BCUT2D eigenvalue weighted by atomic mass is 32.2. The van der Waals surface area contributed by atoms with Crippen LogP contribution in [0.2, 0.25) is 0 Å². The molecule has 19 heavy (non-hydrogen) atoms. The Morgan fingerprint density at radius 2 is 1.89 bits per heavy atom. The summed E-state index contributed by atoms with van der Waals surface area (Å²) >= 11 is 0. The first kappa shape index (κ1) is 13.2. The maximum absolute atomic E-state index is 11.2. The number of hydrogen-bond acceptors (Lipinski definition) is 3. The lowest BCUT2D eigenvalue weighted by atomic mass is 9.81. The summed E-state index contributed by atoms with van der Waals surface area (Å²) in [6, 6.07) is 10.6. The molecule has 1 saturated heterocycles. The fourth-order valence-electron chi connectivity index (χ4n) is 3.02. The molecule has 1 aromatic carbocycles. The first-order chi connectivity index (χ1) is 9.19. The molecule has 2 fully saturated rings. The van der Waals surface area contributed by atoms with Crippen molar-refractivity contribution in [3.8, 4) is 0 Å².